The topological polar surface area (TPSA) is 124 Å². The summed E-state index contributed by atoms with van der Waals surface area (Å²) in [4.78, 5) is 32.9. The van der Waals surface area contributed by atoms with E-state index in [1.807, 2.05) is 65.0 Å². The number of hydrogen-bond acceptors (Lipinski definition) is 9. The van der Waals surface area contributed by atoms with E-state index in [0.29, 0.717) is 13.0 Å². The molecule has 2 rings (SSSR count). The average Bonchev–Trinajstić information content (AvgIpc) is 2.97. The van der Waals surface area contributed by atoms with E-state index in [4.69, 9.17) is 9.47 Å². The van der Waals surface area contributed by atoms with Gasteiger partial charge < -0.3 is 34.9 Å². The Labute approximate surface area is 266 Å². The lowest BCUT2D eigenvalue weighted by Gasteiger charge is -2.16. The number of alkyl carbamates (subject to hydrolysis) is 1. The normalized spacial score (nSPS) is 10.3. The molecule has 0 aromatic heterocycles. The minimum Gasteiger partial charge on any atom is -0.463 e. The number of carbonyl (C=O) groups excluding carboxylic acids is 3. The second kappa shape index (κ2) is 28.3. The summed E-state index contributed by atoms with van der Waals surface area (Å²) in [6.45, 7) is 19.7. The van der Waals surface area contributed by atoms with E-state index in [0.717, 1.165) is 5.56 Å². The second-order valence-electron chi connectivity index (χ2n) is 10.3. The number of amides is 1. The number of aryl methyl sites for hydroxylation is 3. The summed E-state index contributed by atoms with van der Waals surface area (Å²) in [6, 6.07) is 13.2. The first-order chi connectivity index (χ1) is 20.8. The van der Waals surface area contributed by atoms with Crippen LogP contribution in [0.2, 0.25) is 0 Å². The van der Waals surface area contributed by atoms with Gasteiger partial charge in [-0.2, -0.15) is 0 Å². The Kier molecular flexibility index (Phi) is 28.9. The molecular formula is C34H59N3O7. The van der Waals surface area contributed by atoms with Crippen LogP contribution in [0, 0.1) is 27.7 Å². The quantitative estimate of drug-likeness (QED) is 0.138. The first kappa shape index (κ1) is 45.0. The molecular weight excluding hydrogens is 562 g/mol. The van der Waals surface area contributed by atoms with E-state index < -0.39 is 18.1 Å². The predicted octanol–water partition coefficient (Wildman–Crippen LogP) is 5.43. The van der Waals surface area contributed by atoms with Gasteiger partial charge in [0.1, 0.15) is 24.9 Å². The third-order valence-electron chi connectivity index (χ3n) is 5.37. The molecule has 0 saturated carbocycles. The number of benzene rings is 2. The van der Waals surface area contributed by atoms with Crippen molar-refractivity contribution < 1.29 is 33.3 Å². The molecule has 0 aliphatic rings. The lowest BCUT2D eigenvalue weighted by molar-refractivity contribution is -0.145. The van der Waals surface area contributed by atoms with Crippen molar-refractivity contribution in [3.63, 3.8) is 0 Å². The molecule has 1 atom stereocenters. The zero-order chi connectivity index (χ0) is 34.6. The van der Waals surface area contributed by atoms with Gasteiger partial charge in [-0.15, -0.1) is 0 Å². The van der Waals surface area contributed by atoms with Gasteiger partial charge in [-0.05, 0) is 84.8 Å². The van der Waals surface area contributed by atoms with Crippen LogP contribution in [0.4, 0.5) is 4.79 Å². The summed E-state index contributed by atoms with van der Waals surface area (Å²) >= 11 is 0. The minimum absolute atomic E-state index is 0.0997. The highest BCUT2D eigenvalue weighted by atomic mass is 16.6. The zero-order valence-corrected chi connectivity index (χ0v) is 29.4. The molecule has 0 radical (unpaired) electrons. The minimum atomic E-state index is -0.610. The van der Waals surface area contributed by atoms with Crippen LogP contribution in [-0.2, 0) is 35.1 Å². The Hall–Kier alpha value is -3.47. The van der Waals surface area contributed by atoms with Gasteiger partial charge >= 0.3 is 12.1 Å². The predicted molar refractivity (Wildman–Crippen MR) is 179 cm³/mol. The van der Waals surface area contributed by atoms with Gasteiger partial charge in [0.15, 0.2) is 0 Å². The molecule has 44 heavy (non-hydrogen) atoms. The number of methoxy groups -OCH3 is 1. The molecule has 0 fully saturated rings. The Balaban J connectivity index is -0.000000627. The van der Waals surface area contributed by atoms with E-state index in [1.165, 1.54) is 22.3 Å². The average molecular weight is 622 g/mol. The maximum absolute atomic E-state index is 11.7. The Morgan fingerprint density at radius 1 is 0.909 bits per heavy atom. The van der Waals surface area contributed by atoms with Crippen molar-refractivity contribution in [1.29, 1.82) is 0 Å². The largest absolute Gasteiger partial charge is 0.463 e. The molecule has 0 saturated heterocycles. The van der Waals surface area contributed by atoms with E-state index in [-0.39, 0.29) is 25.4 Å². The summed E-state index contributed by atoms with van der Waals surface area (Å²) in [5, 5.41) is 8.20. The van der Waals surface area contributed by atoms with Gasteiger partial charge in [-0.25, -0.2) is 4.79 Å². The SMILES string of the molecule is CC.CC(C)(C)OC=O.CNCCOC(=O)C(CNC(=O)OCc1ccccc1)NC.COC.Cc1cc(C)c(C)c(C)c1. The number of carbonyl (C=O) groups is 3. The number of ether oxygens (including phenoxy) is 4. The monoisotopic (exact) mass is 621 g/mol. The highest BCUT2D eigenvalue weighted by molar-refractivity contribution is 5.77. The standard InChI is InChI=1S/C15H23N3O4.C10H14.C5H10O2.C2H6O.C2H6/c1-16-8-9-21-14(19)13(17-2)10-18-15(20)22-11-12-6-4-3-5-7-12;1-7-5-8(2)10(4)9(3)6-7;1-5(2,3)7-4-6;1-3-2;1-2/h3-7,13,16-17H,8-11H2,1-2H3,(H,18,20);5-6H,1-4H3;4H,1-3H3;1-2H3;1-2H3. The van der Waals surface area contributed by atoms with Gasteiger partial charge in [0.05, 0.1) is 0 Å². The summed E-state index contributed by atoms with van der Waals surface area (Å²) in [5.41, 5.74) is 6.16. The number of likely N-dealkylation sites (N-methyl/N-ethyl adjacent to an activating group) is 2. The Morgan fingerprint density at radius 2 is 1.43 bits per heavy atom. The van der Waals surface area contributed by atoms with Crippen molar-refractivity contribution in [1.82, 2.24) is 16.0 Å². The molecule has 252 valence electrons. The maximum Gasteiger partial charge on any atom is 0.407 e. The number of hydrogen-bond donors (Lipinski definition) is 3. The lowest BCUT2D eigenvalue weighted by Crippen LogP contribution is -2.45. The van der Waals surface area contributed by atoms with Crippen LogP contribution >= 0.6 is 0 Å². The van der Waals surface area contributed by atoms with Crippen molar-refractivity contribution in [2.24, 2.45) is 0 Å². The molecule has 0 aliphatic carbocycles. The van der Waals surface area contributed by atoms with Gasteiger partial charge in [-0.3, -0.25) is 9.59 Å². The first-order valence-corrected chi connectivity index (χ1v) is 14.7. The van der Waals surface area contributed by atoms with E-state index in [9.17, 15) is 14.4 Å². The Bertz CT molecular complexity index is 987. The van der Waals surface area contributed by atoms with Crippen LogP contribution in [0.15, 0.2) is 42.5 Å². The van der Waals surface area contributed by atoms with Gasteiger partial charge in [-0.1, -0.05) is 61.9 Å². The van der Waals surface area contributed by atoms with Crippen LogP contribution in [0.5, 0.6) is 0 Å². The smallest absolute Gasteiger partial charge is 0.407 e. The van der Waals surface area contributed by atoms with Crippen molar-refractivity contribution in [2.75, 3.05) is 48.0 Å². The van der Waals surface area contributed by atoms with E-state index in [2.05, 4.69) is 65.3 Å². The highest BCUT2D eigenvalue weighted by Gasteiger charge is 2.19. The van der Waals surface area contributed by atoms with Gasteiger partial charge in [0.25, 0.3) is 6.47 Å². The number of rotatable bonds is 10. The van der Waals surface area contributed by atoms with Crippen LogP contribution in [0.1, 0.15) is 62.4 Å². The molecule has 10 nitrogen and oxygen atoms in total. The first-order valence-electron chi connectivity index (χ1n) is 14.7. The maximum atomic E-state index is 11.7. The summed E-state index contributed by atoms with van der Waals surface area (Å²) in [7, 11) is 6.65. The molecule has 2 aromatic carbocycles. The van der Waals surface area contributed by atoms with Crippen molar-refractivity contribution >= 4 is 18.5 Å². The van der Waals surface area contributed by atoms with Crippen molar-refractivity contribution in [3.05, 3.63) is 70.3 Å². The fraction of sp³-hybridized carbons (Fsp3) is 0.559. The van der Waals surface area contributed by atoms with Gasteiger partial charge in [0, 0.05) is 27.3 Å². The third kappa shape index (κ3) is 26.2. The number of nitrogens with one attached hydrogen (secondary N) is 3. The molecule has 1 unspecified atom stereocenters. The zero-order valence-electron chi connectivity index (χ0n) is 29.4. The van der Waals surface area contributed by atoms with E-state index >= 15 is 0 Å². The summed E-state index contributed by atoms with van der Waals surface area (Å²) < 4.78 is 18.9. The van der Waals surface area contributed by atoms with Gasteiger partial charge in [0.2, 0.25) is 0 Å². The van der Waals surface area contributed by atoms with Crippen molar-refractivity contribution in [3.8, 4) is 0 Å². The fourth-order valence-corrected chi connectivity index (χ4v) is 3.01. The molecule has 2 aromatic rings. The van der Waals surface area contributed by atoms with Crippen LogP contribution in [-0.4, -0.2) is 78.2 Å². The summed E-state index contributed by atoms with van der Waals surface area (Å²) in [6.07, 6.45) is -0.577. The van der Waals surface area contributed by atoms with Crippen LogP contribution < -0.4 is 16.0 Å². The van der Waals surface area contributed by atoms with Crippen LogP contribution in [0.3, 0.4) is 0 Å². The molecule has 1 amide bonds. The molecule has 3 N–H and O–H groups in total. The molecule has 10 heteroatoms. The molecule has 0 bridgehead atoms. The number of esters is 1. The van der Waals surface area contributed by atoms with E-state index in [1.54, 1.807) is 28.3 Å². The Morgan fingerprint density at radius 3 is 1.84 bits per heavy atom. The molecule has 0 aliphatic heterocycles. The summed E-state index contributed by atoms with van der Waals surface area (Å²) in [5.74, 6) is -0.416. The molecule has 0 heterocycles. The lowest BCUT2D eigenvalue weighted by atomic mass is 10.0. The van der Waals surface area contributed by atoms with Crippen molar-refractivity contribution in [2.45, 2.75) is 80.6 Å². The fourth-order valence-electron chi connectivity index (χ4n) is 3.01. The second-order valence-corrected chi connectivity index (χ2v) is 10.3. The third-order valence-corrected chi connectivity index (χ3v) is 5.37. The molecule has 0 spiro atoms. The van der Waals surface area contributed by atoms with Crippen LogP contribution in [0.25, 0.3) is 0 Å². The highest BCUT2D eigenvalue weighted by Crippen LogP contribution is 2.14.